The minimum Gasteiger partial charge on any atom is -0.480 e. The minimum absolute atomic E-state index is 0.228. The van der Waals surface area contributed by atoms with Crippen molar-refractivity contribution in [3.63, 3.8) is 0 Å². The first-order chi connectivity index (χ1) is 9.68. The number of nitrogens with zero attached hydrogens (tertiary/aromatic N) is 2. The number of benzene rings is 1. The number of aliphatic carboxylic acids is 1. The summed E-state index contributed by atoms with van der Waals surface area (Å²) >= 11 is 0. The lowest BCUT2D eigenvalue weighted by molar-refractivity contribution is -0.141. The smallest absolute Gasteiger partial charge is 0.326 e. The topological polar surface area (TPSA) is 70.5 Å². The van der Waals surface area contributed by atoms with Crippen LogP contribution in [-0.4, -0.2) is 39.5 Å². The summed E-state index contributed by atoms with van der Waals surface area (Å²) in [5, 5.41) is 9.95. The maximum Gasteiger partial charge on any atom is 0.326 e. The number of carbonyl (C=O) groups excluding carboxylic acids is 1. The molecule has 20 heavy (non-hydrogen) atoms. The molecule has 1 saturated heterocycles. The van der Waals surface area contributed by atoms with Crippen LogP contribution in [0.2, 0.25) is 0 Å². The Morgan fingerprint density at radius 1 is 1.25 bits per heavy atom. The highest BCUT2D eigenvalue weighted by Gasteiger charge is 2.34. The van der Waals surface area contributed by atoms with E-state index in [1.54, 1.807) is 24.4 Å². The number of carboxylic acids is 1. The van der Waals surface area contributed by atoms with Crippen LogP contribution >= 0.6 is 0 Å². The van der Waals surface area contributed by atoms with Gasteiger partial charge in [-0.2, -0.15) is 0 Å². The number of hydrogen-bond acceptors (Lipinski definition) is 3. The van der Waals surface area contributed by atoms with Crippen molar-refractivity contribution in [1.29, 1.82) is 0 Å². The molecule has 2 heterocycles. The summed E-state index contributed by atoms with van der Waals surface area (Å²) in [7, 11) is 0. The van der Waals surface area contributed by atoms with Crippen LogP contribution in [0.15, 0.2) is 36.5 Å². The van der Waals surface area contributed by atoms with Gasteiger partial charge in [0, 0.05) is 23.7 Å². The second-order valence-corrected chi connectivity index (χ2v) is 4.87. The summed E-state index contributed by atoms with van der Waals surface area (Å²) in [4.78, 5) is 29.5. The fourth-order valence-electron chi connectivity index (χ4n) is 2.71. The molecule has 0 unspecified atom stereocenters. The Bertz CT molecular complexity index is 678. The number of aromatic nitrogens is 1. The average Bonchev–Trinajstić information content (AvgIpc) is 2.95. The van der Waals surface area contributed by atoms with Crippen LogP contribution in [0.5, 0.6) is 0 Å². The number of carboxylic acid groups (broad SMARTS) is 1. The fourth-order valence-corrected chi connectivity index (χ4v) is 2.71. The zero-order valence-corrected chi connectivity index (χ0v) is 10.8. The molecule has 5 nitrogen and oxygen atoms in total. The zero-order chi connectivity index (χ0) is 14.1. The molecule has 102 valence electrons. The Balaban J connectivity index is 2.03. The van der Waals surface area contributed by atoms with Gasteiger partial charge in [0.25, 0.3) is 5.91 Å². The Kier molecular flexibility index (Phi) is 3.10. The van der Waals surface area contributed by atoms with Gasteiger partial charge in [-0.05, 0) is 31.0 Å². The number of fused-ring (bicyclic) bond motifs is 1. The number of rotatable bonds is 2. The van der Waals surface area contributed by atoms with E-state index in [1.165, 1.54) is 4.90 Å². The van der Waals surface area contributed by atoms with Crippen molar-refractivity contribution >= 4 is 22.8 Å². The summed E-state index contributed by atoms with van der Waals surface area (Å²) in [6.07, 6.45) is 2.92. The first-order valence-electron chi connectivity index (χ1n) is 6.56. The van der Waals surface area contributed by atoms with Crippen molar-refractivity contribution in [2.45, 2.75) is 18.9 Å². The Hall–Kier alpha value is -2.43. The van der Waals surface area contributed by atoms with Crippen LogP contribution in [0, 0.1) is 0 Å². The summed E-state index contributed by atoms with van der Waals surface area (Å²) in [5.74, 6) is -1.16. The largest absolute Gasteiger partial charge is 0.480 e. The molecule has 1 amide bonds. The SMILES string of the molecule is O=C(O)[C@@H]1CCCN1C(=O)c1cccc2ncccc12. The summed E-state index contributed by atoms with van der Waals surface area (Å²) in [6, 6.07) is 8.23. The van der Waals surface area contributed by atoms with E-state index in [0.717, 1.165) is 17.3 Å². The molecule has 1 aromatic carbocycles. The molecule has 5 heteroatoms. The average molecular weight is 270 g/mol. The summed E-state index contributed by atoms with van der Waals surface area (Å²) in [6.45, 7) is 0.493. The van der Waals surface area contributed by atoms with Crippen LogP contribution in [0.25, 0.3) is 10.9 Å². The van der Waals surface area contributed by atoms with Gasteiger partial charge in [0.1, 0.15) is 6.04 Å². The van der Waals surface area contributed by atoms with E-state index in [2.05, 4.69) is 4.98 Å². The van der Waals surface area contributed by atoms with E-state index in [9.17, 15) is 14.7 Å². The van der Waals surface area contributed by atoms with Gasteiger partial charge in [-0.1, -0.05) is 12.1 Å². The number of amides is 1. The van der Waals surface area contributed by atoms with Crippen molar-refractivity contribution in [3.05, 3.63) is 42.1 Å². The van der Waals surface area contributed by atoms with E-state index < -0.39 is 12.0 Å². The van der Waals surface area contributed by atoms with Gasteiger partial charge in [-0.3, -0.25) is 9.78 Å². The number of pyridine rings is 1. The van der Waals surface area contributed by atoms with Crippen LogP contribution in [-0.2, 0) is 4.79 Å². The third-order valence-electron chi connectivity index (χ3n) is 3.67. The molecule has 0 bridgehead atoms. The van der Waals surface area contributed by atoms with Gasteiger partial charge in [0.2, 0.25) is 0 Å². The summed E-state index contributed by atoms with van der Waals surface area (Å²) in [5.41, 5.74) is 1.26. The van der Waals surface area contributed by atoms with E-state index >= 15 is 0 Å². The van der Waals surface area contributed by atoms with Gasteiger partial charge in [0.15, 0.2) is 0 Å². The molecule has 1 N–H and O–H groups in total. The van der Waals surface area contributed by atoms with Crippen molar-refractivity contribution in [3.8, 4) is 0 Å². The Labute approximate surface area is 115 Å². The Morgan fingerprint density at radius 3 is 2.90 bits per heavy atom. The Morgan fingerprint density at radius 2 is 2.10 bits per heavy atom. The molecule has 1 atom stereocenters. The van der Waals surface area contributed by atoms with Crippen molar-refractivity contribution in [2.75, 3.05) is 6.54 Å². The van der Waals surface area contributed by atoms with Gasteiger partial charge >= 0.3 is 5.97 Å². The first kappa shape index (κ1) is 12.6. The van der Waals surface area contributed by atoms with Crippen molar-refractivity contribution < 1.29 is 14.7 Å². The second kappa shape index (κ2) is 4.92. The predicted molar refractivity (Wildman–Crippen MR) is 73.4 cm³/mol. The standard InChI is InChI=1S/C15H14N2O3/c18-14(17-9-3-7-13(17)15(19)20)11-4-1-6-12-10(11)5-2-8-16-12/h1-2,4-6,8,13H,3,7,9H2,(H,19,20)/t13-/m0/s1. The normalized spacial score (nSPS) is 18.4. The van der Waals surface area contributed by atoms with Crippen LogP contribution in [0.3, 0.4) is 0 Å². The minimum atomic E-state index is -0.936. The molecule has 0 saturated carbocycles. The van der Waals surface area contributed by atoms with Crippen LogP contribution < -0.4 is 0 Å². The highest BCUT2D eigenvalue weighted by Crippen LogP contribution is 2.24. The van der Waals surface area contributed by atoms with E-state index in [4.69, 9.17) is 0 Å². The molecule has 3 rings (SSSR count). The predicted octanol–water partition coefficient (Wildman–Crippen LogP) is 1.92. The number of likely N-dealkylation sites (tertiary alicyclic amines) is 1. The van der Waals surface area contributed by atoms with Gasteiger partial charge in [-0.15, -0.1) is 0 Å². The third kappa shape index (κ3) is 2.01. The van der Waals surface area contributed by atoms with Crippen molar-refractivity contribution in [2.24, 2.45) is 0 Å². The van der Waals surface area contributed by atoms with Gasteiger partial charge in [-0.25, -0.2) is 4.79 Å². The van der Waals surface area contributed by atoms with E-state index in [0.29, 0.717) is 18.5 Å². The lowest BCUT2D eigenvalue weighted by Gasteiger charge is -2.22. The van der Waals surface area contributed by atoms with Crippen LogP contribution in [0.1, 0.15) is 23.2 Å². The molecule has 1 aliphatic rings. The quantitative estimate of drug-likeness (QED) is 0.905. The fraction of sp³-hybridized carbons (Fsp3) is 0.267. The van der Waals surface area contributed by atoms with Gasteiger partial charge in [0.05, 0.1) is 5.52 Å². The molecule has 0 radical (unpaired) electrons. The molecule has 1 fully saturated rings. The third-order valence-corrected chi connectivity index (χ3v) is 3.67. The lowest BCUT2D eigenvalue weighted by atomic mass is 10.1. The van der Waals surface area contributed by atoms with Crippen LogP contribution in [0.4, 0.5) is 0 Å². The molecule has 1 aliphatic heterocycles. The van der Waals surface area contributed by atoms with Crippen molar-refractivity contribution in [1.82, 2.24) is 9.88 Å². The molecular formula is C15H14N2O3. The summed E-state index contributed by atoms with van der Waals surface area (Å²) < 4.78 is 0. The second-order valence-electron chi connectivity index (χ2n) is 4.87. The van der Waals surface area contributed by atoms with E-state index in [1.807, 2.05) is 12.1 Å². The van der Waals surface area contributed by atoms with E-state index in [-0.39, 0.29) is 5.91 Å². The highest BCUT2D eigenvalue weighted by atomic mass is 16.4. The highest BCUT2D eigenvalue weighted by molar-refractivity contribution is 6.07. The molecule has 0 spiro atoms. The molecule has 1 aromatic heterocycles. The zero-order valence-electron chi connectivity index (χ0n) is 10.8. The first-order valence-corrected chi connectivity index (χ1v) is 6.56. The molecule has 0 aliphatic carbocycles. The molecule has 2 aromatic rings. The van der Waals surface area contributed by atoms with Gasteiger partial charge < -0.3 is 10.0 Å². The maximum atomic E-state index is 12.6. The monoisotopic (exact) mass is 270 g/mol. The molecular weight excluding hydrogens is 256 g/mol. The number of carbonyl (C=O) groups is 2. The number of hydrogen-bond donors (Lipinski definition) is 1. The maximum absolute atomic E-state index is 12.6. The lowest BCUT2D eigenvalue weighted by Crippen LogP contribution is -2.40.